The number of nitrogens with zero attached hydrogens (tertiary/aromatic N) is 3. The van der Waals surface area contributed by atoms with Crippen molar-refractivity contribution in [1.82, 2.24) is 14.6 Å². The summed E-state index contributed by atoms with van der Waals surface area (Å²) in [5.74, 6) is -0.0599. The van der Waals surface area contributed by atoms with Gasteiger partial charge in [0.1, 0.15) is 10.8 Å². The van der Waals surface area contributed by atoms with E-state index in [9.17, 15) is 4.79 Å². The molecular weight excluding hydrogens is 398 g/mol. The highest BCUT2D eigenvalue weighted by Crippen LogP contribution is 2.29. The summed E-state index contributed by atoms with van der Waals surface area (Å²) in [7, 11) is 0. The Hall–Kier alpha value is -3.19. The maximum atomic E-state index is 11.0. The van der Waals surface area contributed by atoms with Crippen LogP contribution < -0.4 is 4.74 Å². The number of ether oxygens (including phenoxy) is 1. The Bertz CT molecular complexity index is 1100. The molecule has 2 heterocycles. The van der Waals surface area contributed by atoms with Gasteiger partial charge in [-0.15, -0.1) is 0 Å². The monoisotopic (exact) mass is 421 g/mol. The number of unbranched alkanes of at least 4 members (excludes halogenated alkanes) is 3. The number of fused-ring (bicyclic) bond motifs is 1. The van der Waals surface area contributed by atoms with E-state index in [-0.39, 0.29) is 5.56 Å². The van der Waals surface area contributed by atoms with Crippen LogP contribution in [0.1, 0.15) is 43.0 Å². The Morgan fingerprint density at radius 2 is 1.77 bits per heavy atom. The minimum Gasteiger partial charge on any atom is -0.494 e. The number of hydrogen-bond donors (Lipinski definition) is 1. The van der Waals surface area contributed by atoms with Crippen LogP contribution in [0.3, 0.4) is 0 Å². The average molecular weight is 422 g/mol. The number of aromatic nitrogens is 3. The molecule has 0 fully saturated rings. The first-order valence-corrected chi connectivity index (χ1v) is 10.9. The SMILES string of the molecule is CCCCCCOc1ccc(-c2nn3cc(-c4ccc(C(=O)O)cc4)nc3s2)cc1. The van der Waals surface area contributed by atoms with Crippen LogP contribution in [0, 0.1) is 0 Å². The Labute approximate surface area is 178 Å². The summed E-state index contributed by atoms with van der Waals surface area (Å²) < 4.78 is 7.57. The molecule has 0 unspecified atom stereocenters. The van der Waals surface area contributed by atoms with E-state index in [0.717, 1.165) is 45.6 Å². The number of carboxylic acid groups (broad SMARTS) is 1. The zero-order chi connectivity index (χ0) is 20.9. The van der Waals surface area contributed by atoms with Crippen molar-refractivity contribution in [3.63, 3.8) is 0 Å². The first-order valence-electron chi connectivity index (χ1n) is 10.1. The molecule has 0 aliphatic rings. The predicted octanol–water partition coefficient (Wildman–Crippen LogP) is 5.78. The van der Waals surface area contributed by atoms with Gasteiger partial charge in [0.2, 0.25) is 4.96 Å². The fourth-order valence-electron chi connectivity index (χ4n) is 3.15. The smallest absolute Gasteiger partial charge is 0.335 e. The van der Waals surface area contributed by atoms with E-state index in [1.54, 1.807) is 28.8 Å². The van der Waals surface area contributed by atoms with Gasteiger partial charge in [0.05, 0.1) is 24.1 Å². The Kier molecular flexibility index (Phi) is 6.09. The maximum Gasteiger partial charge on any atom is 0.335 e. The second kappa shape index (κ2) is 9.09. The van der Waals surface area contributed by atoms with Gasteiger partial charge in [-0.3, -0.25) is 0 Å². The first-order chi connectivity index (χ1) is 14.6. The molecule has 7 heteroatoms. The number of rotatable bonds is 9. The predicted molar refractivity (Wildman–Crippen MR) is 118 cm³/mol. The van der Waals surface area contributed by atoms with Crippen molar-refractivity contribution in [2.75, 3.05) is 6.61 Å². The van der Waals surface area contributed by atoms with Crippen molar-refractivity contribution in [3.8, 4) is 27.6 Å². The molecule has 0 saturated carbocycles. The van der Waals surface area contributed by atoms with Crippen LogP contribution in [0.2, 0.25) is 0 Å². The highest BCUT2D eigenvalue weighted by atomic mass is 32.1. The van der Waals surface area contributed by atoms with E-state index in [4.69, 9.17) is 9.84 Å². The minimum absolute atomic E-state index is 0.258. The summed E-state index contributed by atoms with van der Waals surface area (Å²) in [5.41, 5.74) is 2.91. The third kappa shape index (κ3) is 4.52. The summed E-state index contributed by atoms with van der Waals surface area (Å²) in [4.78, 5) is 16.4. The van der Waals surface area contributed by atoms with Crippen molar-refractivity contribution in [3.05, 3.63) is 60.3 Å². The van der Waals surface area contributed by atoms with Crippen LogP contribution in [-0.4, -0.2) is 32.3 Å². The van der Waals surface area contributed by atoms with Crippen LogP contribution in [-0.2, 0) is 0 Å². The lowest BCUT2D eigenvalue weighted by Gasteiger charge is -2.06. The molecule has 2 aromatic heterocycles. The van der Waals surface area contributed by atoms with Crippen LogP contribution >= 0.6 is 11.3 Å². The minimum atomic E-state index is -0.938. The summed E-state index contributed by atoms with van der Waals surface area (Å²) in [6, 6.07) is 14.7. The summed E-state index contributed by atoms with van der Waals surface area (Å²) in [5, 5.41) is 14.5. The number of benzene rings is 2. The maximum absolute atomic E-state index is 11.0. The molecule has 0 radical (unpaired) electrons. The van der Waals surface area contributed by atoms with E-state index in [1.807, 2.05) is 30.5 Å². The lowest BCUT2D eigenvalue weighted by molar-refractivity contribution is 0.0697. The molecule has 154 valence electrons. The van der Waals surface area contributed by atoms with Crippen molar-refractivity contribution >= 4 is 22.3 Å². The molecule has 2 aromatic carbocycles. The molecule has 0 spiro atoms. The van der Waals surface area contributed by atoms with Gasteiger partial charge >= 0.3 is 5.97 Å². The zero-order valence-corrected chi connectivity index (χ0v) is 17.6. The fourth-order valence-corrected chi connectivity index (χ4v) is 4.04. The van der Waals surface area contributed by atoms with Crippen LogP contribution in [0.15, 0.2) is 54.7 Å². The van der Waals surface area contributed by atoms with Gasteiger partial charge in [0.25, 0.3) is 0 Å². The largest absolute Gasteiger partial charge is 0.494 e. The molecule has 0 saturated heterocycles. The second-order valence-corrected chi connectivity index (χ2v) is 8.03. The van der Waals surface area contributed by atoms with Crippen LogP contribution in [0.4, 0.5) is 0 Å². The fraction of sp³-hybridized carbons (Fsp3) is 0.261. The lowest BCUT2D eigenvalue weighted by Crippen LogP contribution is -1.96. The van der Waals surface area contributed by atoms with Gasteiger partial charge in [0, 0.05) is 11.1 Å². The molecule has 1 N–H and O–H groups in total. The van der Waals surface area contributed by atoms with Gasteiger partial charge in [-0.2, -0.15) is 5.10 Å². The average Bonchev–Trinajstić information content (AvgIpc) is 3.34. The topological polar surface area (TPSA) is 76.7 Å². The molecule has 30 heavy (non-hydrogen) atoms. The summed E-state index contributed by atoms with van der Waals surface area (Å²) >= 11 is 1.51. The third-order valence-electron chi connectivity index (χ3n) is 4.84. The second-order valence-electron chi connectivity index (χ2n) is 7.08. The normalized spacial score (nSPS) is 11.1. The highest BCUT2D eigenvalue weighted by molar-refractivity contribution is 7.19. The molecule has 6 nitrogen and oxygen atoms in total. The van der Waals surface area contributed by atoms with E-state index >= 15 is 0 Å². The number of hydrogen-bond acceptors (Lipinski definition) is 5. The van der Waals surface area contributed by atoms with Gasteiger partial charge in [-0.25, -0.2) is 14.3 Å². The molecule has 4 rings (SSSR count). The molecule has 0 bridgehead atoms. The van der Waals surface area contributed by atoms with Crippen molar-refractivity contribution in [2.24, 2.45) is 0 Å². The van der Waals surface area contributed by atoms with Crippen LogP contribution in [0.5, 0.6) is 5.75 Å². The molecule has 0 aliphatic carbocycles. The summed E-state index contributed by atoms with van der Waals surface area (Å²) in [6.07, 6.45) is 6.63. The van der Waals surface area contributed by atoms with Crippen molar-refractivity contribution in [2.45, 2.75) is 32.6 Å². The van der Waals surface area contributed by atoms with Crippen molar-refractivity contribution < 1.29 is 14.6 Å². The standard InChI is InChI=1S/C23H23N3O3S/c1-2-3-4-5-14-29-19-12-10-17(11-13-19)21-25-26-15-20(24-23(26)30-21)16-6-8-18(9-7-16)22(27)28/h6-13,15H,2-5,14H2,1H3,(H,27,28). The number of aromatic carboxylic acids is 1. The van der Waals surface area contributed by atoms with Crippen LogP contribution in [0.25, 0.3) is 26.8 Å². The molecule has 0 atom stereocenters. The van der Waals surface area contributed by atoms with E-state index in [0.29, 0.717) is 0 Å². The van der Waals surface area contributed by atoms with Gasteiger partial charge in [-0.1, -0.05) is 49.7 Å². The van der Waals surface area contributed by atoms with E-state index in [2.05, 4.69) is 17.0 Å². The Morgan fingerprint density at radius 1 is 1.03 bits per heavy atom. The van der Waals surface area contributed by atoms with Gasteiger partial charge < -0.3 is 9.84 Å². The molecule has 0 amide bonds. The van der Waals surface area contributed by atoms with E-state index < -0.39 is 5.97 Å². The molecule has 0 aliphatic heterocycles. The van der Waals surface area contributed by atoms with Gasteiger partial charge in [0.15, 0.2) is 0 Å². The lowest BCUT2D eigenvalue weighted by atomic mass is 10.1. The van der Waals surface area contributed by atoms with Gasteiger partial charge in [-0.05, 0) is 42.8 Å². The molecule has 4 aromatic rings. The number of imidazole rings is 1. The Morgan fingerprint density at radius 3 is 2.43 bits per heavy atom. The zero-order valence-electron chi connectivity index (χ0n) is 16.7. The highest BCUT2D eigenvalue weighted by Gasteiger charge is 2.12. The first kappa shape index (κ1) is 20.1. The summed E-state index contributed by atoms with van der Waals surface area (Å²) in [6.45, 7) is 2.95. The quantitative estimate of drug-likeness (QED) is 0.347. The number of carbonyl (C=O) groups is 1. The number of carboxylic acids is 1. The Balaban J connectivity index is 1.44. The third-order valence-corrected chi connectivity index (χ3v) is 5.81. The van der Waals surface area contributed by atoms with E-state index in [1.165, 1.54) is 30.6 Å². The van der Waals surface area contributed by atoms with Crippen molar-refractivity contribution in [1.29, 1.82) is 0 Å². The molecular formula is C23H23N3O3S.